The zero-order valence-corrected chi connectivity index (χ0v) is 17.1. The number of ether oxygens (including phenoxy) is 2. The van der Waals surface area contributed by atoms with Gasteiger partial charge in [0.2, 0.25) is 0 Å². The Labute approximate surface area is 173 Å². The number of esters is 1. The lowest BCUT2D eigenvalue weighted by Crippen LogP contribution is -2.33. The van der Waals surface area contributed by atoms with E-state index in [4.69, 9.17) is 9.47 Å². The zero-order valence-electron chi connectivity index (χ0n) is 16.3. The number of carbonyl (C=O) groups is 2. The molecule has 1 aliphatic heterocycles. The predicted molar refractivity (Wildman–Crippen MR) is 112 cm³/mol. The van der Waals surface area contributed by atoms with Gasteiger partial charge < -0.3 is 14.4 Å². The maximum atomic E-state index is 12.5. The normalized spacial score (nSPS) is 12.9. The molecule has 0 saturated heterocycles. The van der Waals surface area contributed by atoms with Crippen molar-refractivity contribution < 1.29 is 19.1 Å². The Morgan fingerprint density at radius 2 is 1.86 bits per heavy atom. The average Bonchev–Trinajstić information content (AvgIpc) is 3.22. The van der Waals surface area contributed by atoms with Gasteiger partial charge in [-0.3, -0.25) is 4.79 Å². The molecule has 0 fully saturated rings. The van der Waals surface area contributed by atoms with Gasteiger partial charge in [0.25, 0.3) is 5.91 Å². The van der Waals surface area contributed by atoms with Crippen molar-refractivity contribution in [2.75, 3.05) is 13.7 Å². The van der Waals surface area contributed by atoms with Gasteiger partial charge in [0.05, 0.1) is 6.04 Å². The summed E-state index contributed by atoms with van der Waals surface area (Å²) in [7, 11) is 1.71. The smallest absolute Gasteiger partial charge is 0.348 e. The van der Waals surface area contributed by atoms with E-state index in [0.29, 0.717) is 11.5 Å². The molecule has 0 unspecified atom stereocenters. The number of rotatable bonds is 5. The molecule has 0 radical (unpaired) electrons. The predicted octanol–water partition coefficient (Wildman–Crippen LogP) is 4.68. The minimum atomic E-state index is -0.490. The quantitative estimate of drug-likeness (QED) is 0.576. The molecular weight excluding hydrogens is 386 g/mol. The molecule has 3 aromatic rings. The summed E-state index contributed by atoms with van der Waals surface area (Å²) in [5.41, 5.74) is 2.96. The van der Waals surface area contributed by atoms with Crippen LogP contribution in [0.3, 0.4) is 0 Å². The van der Waals surface area contributed by atoms with Crippen molar-refractivity contribution in [3.63, 3.8) is 0 Å². The third kappa shape index (κ3) is 3.89. The minimum Gasteiger partial charge on any atom is -0.488 e. The summed E-state index contributed by atoms with van der Waals surface area (Å²) in [4.78, 5) is 28.1. The number of nitrogens with zero attached hydrogens (tertiary/aromatic N) is 1. The van der Waals surface area contributed by atoms with Crippen molar-refractivity contribution in [1.29, 1.82) is 0 Å². The molecule has 0 aliphatic carbocycles. The van der Waals surface area contributed by atoms with Crippen LogP contribution in [0.1, 0.15) is 33.8 Å². The average molecular weight is 407 g/mol. The summed E-state index contributed by atoms with van der Waals surface area (Å²) < 4.78 is 11.0. The van der Waals surface area contributed by atoms with Crippen molar-refractivity contribution in [1.82, 2.24) is 4.90 Å². The number of hydrogen-bond acceptors (Lipinski definition) is 5. The second kappa shape index (κ2) is 8.09. The highest BCUT2D eigenvalue weighted by Crippen LogP contribution is 2.42. The molecule has 0 spiro atoms. The molecule has 0 bridgehead atoms. The Kier molecular flexibility index (Phi) is 5.36. The van der Waals surface area contributed by atoms with Gasteiger partial charge in [0, 0.05) is 23.1 Å². The van der Waals surface area contributed by atoms with Gasteiger partial charge in [-0.05, 0) is 30.7 Å². The molecule has 2 heterocycles. The molecule has 0 N–H and O–H groups in total. The van der Waals surface area contributed by atoms with Crippen molar-refractivity contribution >= 4 is 23.2 Å². The Hall–Kier alpha value is -3.12. The lowest BCUT2D eigenvalue weighted by Gasteiger charge is -2.25. The summed E-state index contributed by atoms with van der Waals surface area (Å²) in [5, 5.41) is 0. The van der Waals surface area contributed by atoms with E-state index in [9.17, 15) is 9.59 Å². The molecule has 1 aromatic heterocycles. The fourth-order valence-corrected chi connectivity index (χ4v) is 4.36. The van der Waals surface area contributed by atoms with Crippen molar-refractivity contribution in [3.05, 3.63) is 76.7 Å². The number of benzene rings is 2. The van der Waals surface area contributed by atoms with E-state index in [1.807, 2.05) is 61.5 Å². The fraction of sp³-hybridized carbons (Fsp3) is 0.217. The molecule has 148 valence electrons. The van der Waals surface area contributed by atoms with E-state index in [-0.39, 0.29) is 18.6 Å². The number of carbonyl (C=O) groups excluding carboxylic acids is 2. The van der Waals surface area contributed by atoms with Crippen LogP contribution in [-0.4, -0.2) is 30.4 Å². The van der Waals surface area contributed by atoms with E-state index >= 15 is 0 Å². The van der Waals surface area contributed by atoms with Crippen LogP contribution in [0.15, 0.2) is 60.7 Å². The number of fused-ring (bicyclic) bond motifs is 3. The van der Waals surface area contributed by atoms with Crippen LogP contribution in [0.4, 0.5) is 0 Å². The van der Waals surface area contributed by atoms with Crippen LogP contribution < -0.4 is 4.74 Å². The van der Waals surface area contributed by atoms with E-state index in [1.54, 1.807) is 18.0 Å². The molecule has 29 heavy (non-hydrogen) atoms. The van der Waals surface area contributed by atoms with E-state index in [2.05, 4.69) is 0 Å². The van der Waals surface area contributed by atoms with Gasteiger partial charge in [-0.15, -0.1) is 11.3 Å². The first-order valence-corrected chi connectivity index (χ1v) is 10.2. The number of para-hydroxylation sites is 1. The van der Waals surface area contributed by atoms with E-state index in [0.717, 1.165) is 27.3 Å². The number of likely N-dealkylation sites (N-methyl/N-ethyl adjacent to an activating group) is 1. The van der Waals surface area contributed by atoms with Gasteiger partial charge >= 0.3 is 5.97 Å². The molecule has 1 amide bonds. The molecule has 1 aliphatic rings. The van der Waals surface area contributed by atoms with Gasteiger partial charge in [-0.25, -0.2) is 4.79 Å². The highest BCUT2D eigenvalue weighted by atomic mass is 32.1. The van der Waals surface area contributed by atoms with E-state index < -0.39 is 5.97 Å². The second-order valence-electron chi connectivity index (χ2n) is 6.92. The molecule has 1 atom stereocenters. The summed E-state index contributed by atoms with van der Waals surface area (Å²) in [6.07, 6.45) is 0. The Morgan fingerprint density at radius 1 is 1.14 bits per heavy atom. The first-order chi connectivity index (χ1) is 14.0. The van der Waals surface area contributed by atoms with Crippen molar-refractivity contribution in [3.8, 4) is 16.2 Å². The summed E-state index contributed by atoms with van der Waals surface area (Å²) in [6.45, 7) is 2.08. The third-order valence-electron chi connectivity index (χ3n) is 5.11. The van der Waals surface area contributed by atoms with Gasteiger partial charge in [0.15, 0.2) is 6.61 Å². The third-order valence-corrected chi connectivity index (χ3v) is 6.30. The molecule has 4 rings (SSSR count). The number of amides is 1. The zero-order chi connectivity index (χ0) is 20.4. The SMILES string of the molecule is C[C@@H](c1ccccc1)N(C)C(=O)COC(=O)c1cc2c(s1)-c1ccccc1OC2. The van der Waals surface area contributed by atoms with Crippen LogP contribution in [-0.2, 0) is 16.1 Å². The van der Waals surface area contributed by atoms with Gasteiger partial charge in [0.1, 0.15) is 17.2 Å². The summed E-state index contributed by atoms with van der Waals surface area (Å²) in [5.74, 6) is 0.0779. The van der Waals surface area contributed by atoms with Crippen LogP contribution in [0.5, 0.6) is 5.75 Å². The topological polar surface area (TPSA) is 55.8 Å². The number of thiophene rings is 1. The summed E-state index contributed by atoms with van der Waals surface area (Å²) in [6, 6.07) is 19.2. The van der Waals surface area contributed by atoms with Crippen molar-refractivity contribution in [2.45, 2.75) is 19.6 Å². The lowest BCUT2D eigenvalue weighted by atomic mass is 10.1. The standard InChI is InChI=1S/C23H21NO4S/c1-15(16-8-4-3-5-9-16)24(2)21(25)14-28-23(26)20-12-17-13-27-19-11-7-6-10-18(19)22(17)29-20/h3-12,15H,13-14H2,1-2H3/t15-/m0/s1. The van der Waals surface area contributed by atoms with Crippen LogP contribution in [0.25, 0.3) is 10.4 Å². The van der Waals surface area contributed by atoms with E-state index in [1.165, 1.54) is 11.3 Å². The van der Waals surface area contributed by atoms with Gasteiger partial charge in [-0.2, -0.15) is 0 Å². The highest BCUT2D eigenvalue weighted by Gasteiger charge is 2.24. The maximum Gasteiger partial charge on any atom is 0.348 e. The van der Waals surface area contributed by atoms with Crippen LogP contribution in [0.2, 0.25) is 0 Å². The lowest BCUT2D eigenvalue weighted by molar-refractivity contribution is -0.135. The fourth-order valence-electron chi connectivity index (χ4n) is 3.27. The highest BCUT2D eigenvalue weighted by molar-refractivity contribution is 7.17. The second-order valence-corrected chi connectivity index (χ2v) is 7.97. The maximum absolute atomic E-state index is 12.5. The first kappa shape index (κ1) is 19.2. The Balaban J connectivity index is 1.41. The molecule has 5 nitrogen and oxygen atoms in total. The number of hydrogen-bond donors (Lipinski definition) is 0. The van der Waals surface area contributed by atoms with Gasteiger partial charge in [-0.1, -0.05) is 42.5 Å². The molecule has 2 aromatic carbocycles. The Bertz CT molecular complexity index is 1040. The first-order valence-electron chi connectivity index (χ1n) is 9.37. The minimum absolute atomic E-state index is 0.106. The molecular formula is C23H21NO4S. The molecule has 6 heteroatoms. The van der Waals surface area contributed by atoms with Crippen LogP contribution in [0, 0.1) is 0 Å². The molecule has 0 saturated carbocycles. The van der Waals surface area contributed by atoms with Crippen molar-refractivity contribution in [2.24, 2.45) is 0 Å². The van der Waals surface area contributed by atoms with Crippen LogP contribution >= 0.6 is 11.3 Å². The summed E-state index contributed by atoms with van der Waals surface area (Å²) >= 11 is 1.37. The monoisotopic (exact) mass is 407 g/mol. The Morgan fingerprint density at radius 3 is 2.66 bits per heavy atom. The largest absolute Gasteiger partial charge is 0.488 e.